The molecule has 72 heavy (non-hydrogen) atoms. The maximum absolute atomic E-state index is 9.06. The van der Waals surface area contributed by atoms with Crippen molar-refractivity contribution in [3.63, 3.8) is 0 Å². The highest BCUT2D eigenvalue weighted by Gasteiger charge is 2.29. The second-order valence-corrected chi connectivity index (χ2v) is 20.5. The normalized spacial score (nSPS) is 17.9. The molecule has 0 saturated carbocycles. The molecule has 2 N–H and O–H groups in total. The summed E-state index contributed by atoms with van der Waals surface area (Å²) in [4.78, 5) is 4.60. The van der Waals surface area contributed by atoms with E-state index in [4.69, 9.17) is 38.5 Å². The Hall–Kier alpha value is -4.46. The zero-order valence-electron chi connectivity index (χ0n) is 44.8. The standard InChI is InChI=1S/C30H41NO3.C20H29BrO2.C10H14BNO3/c1-5-6-7-11-25-21-27(32-3)29(23-12-8-10-22(2)19-23)30(33-4)28(25)24-13-9-14-26(20-24)31-15-17-34-18-16-31;1-5-6-7-10-16-13-17(22-3)18(20(23-4)19(16)21)15-11-8-9-14(2)12-15;13-11(14)9-2-1-3-10(8-9)12-4-6-15-7-5-12/h9,13-14,19-21,23H,5-8,10-12,15-18H2,1-4H3;12-13,15H,5-11H2,1-4H3;1-3,8,13-14H,4-7H2. The summed E-state index contributed by atoms with van der Waals surface area (Å²) >= 11 is 3.79. The number of morpholine rings is 2. The number of methoxy groups -OCH3 is 4. The van der Waals surface area contributed by atoms with E-state index in [1.807, 2.05) is 19.2 Å². The molecule has 2 atom stereocenters. The van der Waals surface area contributed by atoms with Gasteiger partial charge in [-0.15, -0.1) is 0 Å². The van der Waals surface area contributed by atoms with Crippen LogP contribution in [0, 0.1) is 0 Å². The van der Waals surface area contributed by atoms with Gasteiger partial charge in [0.2, 0.25) is 0 Å². The molecule has 4 aliphatic rings. The molecule has 392 valence electrons. The molecule has 2 aliphatic heterocycles. The van der Waals surface area contributed by atoms with Crippen molar-refractivity contribution in [1.29, 1.82) is 0 Å². The fourth-order valence-electron chi connectivity index (χ4n) is 10.7. The van der Waals surface area contributed by atoms with Gasteiger partial charge in [-0.05, 0) is 153 Å². The molecule has 4 aromatic rings. The van der Waals surface area contributed by atoms with Crippen LogP contribution in [0.15, 0.2) is 88.4 Å². The maximum atomic E-state index is 9.06. The van der Waals surface area contributed by atoms with Gasteiger partial charge in [-0.3, -0.25) is 0 Å². The average molecular weight is 1050 g/mol. The third-order valence-electron chi connectivity index (χ3n) is 14.5. The van der Waals surface area contributed by atoms with Crippen LogP contribution in [0.4, 0.5) is 11.4 Å². The first-order valence-electron chi connectivity index (χ1n) is 26.8. The Morgan fingerprint density at radius 2 is 1.10 bits per heavy atom. The van der Waals surface area contributed by atoms with Crippen molar-refractivity contribution in [2.24, 2.45) is 0 Å². The molecule has 0 bridgehead atoms. The summed E-state index contributed by atoms with van der Waals surface area (Å²) in [5.41, 5.74) is 13.2. The first kappa shape index (κ1) is 56.8. The van der Waals surface area contributed by atoms with Crippen LogP contribution in [-0.2, 0) is 22.3 Å². The second kappa shape index (κ2) is 29.4. The summed E-state index contributed by atoms with van der Waals surface area (Å²) in [5.74, 6) is 4.58. The van der Waals surface area contributed by atoms with Crippen LogP contribution in [-0.4, -0.2) is 98.2 Å². The Labute approximate surface area is 441 Å². The maximum Gasteiger partial charge on any atom is 0.488 e. The lowest BCUT2D eigenvalue weighted by molar-refractivity contribution is 0.122. The van der Waals surface area contributed by atoms with Crippen LogP contribution in [0.1, 0.15) is 139 Å². The van der Waals surface area contributed by atoms with E-state index in [2.05, 4.69) is 102 Å². The van der Waals surface area contributed by atoms with Crippen molar-refractivity contribution in [3.8, 4) is 34.1 Å². The minimum absolute atomic E-state index is 0.324. The highest BCUT2D eigenvalue weighted by molar-refractivity contribution is 9.10. The fourth-order valence-corrected chi connectivity index (χ4v) is 11.4. The summed E-state index contributed by atoms with van der Waals surface area (Å²) in [6, 6.07) is 20.8. The van der Waals surface area contributed by atoms with Gasteiger partial charge in [-0.2, -0.15) is 0 Å². The molecule has 0 spiro atoms. The van der Waals surface area contributed by atoms with Gasteiger partial charge in [0.25, 0.3) is 0 Å². The monoisotopic (exact) mass is 1050 g/mol. The molecular formula is C60H84BBrN2O8. The van der Waals surface area contributed by atoms with Gasteiger partial charge in [0.05, 0.1) is 59.3 Å². The van der Waals surface area contributed by atoms with E-state index in [-0.39, 0.29) is 0 Å². The largest absolute Gasteiger partial charge is 0.496 e. The Morgan fingerprint density at radius 1 is 0.611 bits per heavy atom. The number of nitrogens with zero attached hydrogens (tertiary/aromatic N) is 2. The second-order valence-electron chi connectivity index (χ2n) is 19.7. The molecule has 2 aliphatic carbocycles. The molecule has 2 fully saturated rings. The molecule has 10 nitrogen and oxygen atoms in total. The van der Waals surface area contributed by atoms with Gasteiger partial charge >= 0.3 is 7.12 Å². The first-order valence-corrected chi connectivity index (χ1v) is 27.6. The third-order valence-corrected chi connectivity index (χ3v) is 15.4. The van der Waals surface area contributed by atoms with Crippen molar-refractivity contribution >= 4 is 39.9 Å². The number of rotatable bonds is 18. The Kier molecular flexibility index (Phi) is 23.2. The van der Waals surface area contributed by atoms with Gasteiger partial charge in [-0.1, -0.05) is 87.1 Å². The molecule has 2 unspecified atom stereocenters. The Balaban J connectivity index is 0.000000192. The number of allylic oxidation sites excluding steroid dienone is 4. The van der Waals surface area contributed by atoms with Gasteiger partial charge < -0.3 is 48.3 Å². The number of unbranched alkanes of at least 4 members (excludes halogenated alkanes) is 4. The van der Waals surface area contributed by atoms with E-state index in [1.54, 1.807) is 33.5 Å². The number of anilines is 2. The van der Waals surface area contributed by atoms with Gasteiger partial charge in [0.15, 0.2) is 0 Å². The molecule has 0 radical (unpaired) electrons. The van der Waals surface area contributed by atoms with E-state index in [0.717, 1.165) is 111 Å². The SMILES string of the molecule is CCCCCc1cc(OC)c(C2C=C(C)CCC2)c(OC)c1-c1cccc(N2CCOCC2)c1.CCCCCc1cc(OC)c(C2C=C(C)CCC2)c(OC)c1Br.OB(O)c1cccc(N2CCOCC2)c1. The molecule has 2 heterocycles. The Morgan fingerprint density at radius 3 is 1.58 bits per heavy atom. The van der Waals surface area contributed by atoms with Crippen LogP contribution in [0.25, 0.3) is 11.1 Å². The molecule has 0 aromatic heterocycles. The summed E-state index contributed by atoms with van der Waals surface area (Å²) in [6.07, 6.45) is 21.3. The quantitative estimate of drug-likeness (QED) is 0.0569. The lowest BCUT2D eigenvalue weighted by Crippen LogP contribution is -2.37. The van der Waals surface area contributed by atoms with E-state index < -0.39 is 7.12 Å². The topological polar surface area (TPSA) is 102 Å². The van der Waals surface area contributed by atoms with Crippen LogP contribution in [0.2, 0.25) is 0 Å². The average Bonchev–Trinajstić information content (AvgIpc) is 3.41. The summed E-state index contributed by atoms with van der Waals surface area (Å²) < 4.78 is 35.7. The number of hydrogen-bond acceptors (Lipinski definition) is 10. The minimum atomic E-state index is -1.40. The van der Waals surface area contributed by atoms with Crippen LogP contribution < -0.4 is 34.2 Å². The van der Waals surface area contributed by atoms with E-state index in [1.165, 1.54) is 114 Å². The predicted octanol–water partition coefficient (Wildman–Crippen LogP) is 12.8. The highest BCUT2D eigenvalue weighted by Crippen LogP contribution is 2.50. The van der Waals surface area contributed by atoms with Crippen molar-refractivity contribution in [2.45, 2.75) is 129 Å². The van der Waals surface area contributed by atoms with Crippen LogP contribution >= 0.6 is 15.9 Å². The molecule has 2 saturated heterocycles. The smallest absolute Gasteiger partial charge is 0.488 e. The molecule has 4 aromatic carbocycles. The number of ether oxygens (including phenoxy) is 6. The minimum Gasteiger partial charge on any atom is -0.496 e. The lowest BCUT2D eigenvalue weighted by atomic mass is 9.80. The molecule has 8 rings (SSSR count). The van der Waals surface area contributed by atoms with Gasteiger partial charge in [0, 0.05) is 66.1 Å². The summed E-state index contributed by atoms with van der Waals surface area (Å²) in [5, 5.41) is 18.1. The summed E-state index contributed by atoms with van der Waals surface area (Å²) in [6.45, 7) is 15.6. The summed E-state index contributed by atoms with van der Waals surface area (Å²) in [7, 11) is 5.75. The Bertz CT molecular complexity index is 2380. The lowest BCUT2D eigenvalue weighted by Gasteiger charge is -2.30. The third kappa shape index (κ3) is 15.3. The van der Waals surface area contributed by atoms with Gasteiger partial charge in [0.1, 0.15) is 23.0 Å². The van der Waals surface area contributed by atoms with E-state index in [0.29, 0.717) is 17.3 Å². The number of halogens is 1. The van der Waals surface area contributed by atoms with Crippen LogP contribution in [0.5, 0.6) is 23.0 Å². The number of aryl methyl sites for hydroxylation is 2. The molecule has 12 heteroatoms. The van der Waals surface area contributed by atoms with Crippen molar-refractivity contribution < 1.29 is 38.5 Å². The van der Waals surface area contributed by atoms with Crippen molar-refractivity contribution in [3.05, 3.63) is 111 Å². The molecule has 0 amide bonds. The first-order chi connectivity index (χ1) is 35.0. The number of hydrogen-bond donors (Lipinski definition) is 2. The van der Waals surface area contributed by atoms with E-state index in [9.17, 15) is 0 Å². The highest BCUT2D eigenvalue weighted by atomic mass is 79.9. The predicted molar refractivity (Wildman–Crippen MR) is 302 cm³/mol. The van der Waals surface area contributed by atoms with Crippen LogP contribution in [0.3, 0.4) is 0 Å². The zero-order chi connectivity index (χ0) is 51.4. The van der Waals surface area contributed by atoms with Gasteiger partial charge in [-0.25, -0.2) is 0 Å². The van der Waals surface area contributed by atoms with Crippen molar-refractivity contribution in [1.82, 2.24) is 0 Å². The fraction of sp³-hybridized carbons (Fsp3) is 0.533. The molecular weight excluding hydrogens is 967 g/mol. The van der Waals surface area contributed by atoms with Crippen molar-refractivity contribution in [2.75, 3.05) is 90.8 Å². The number of benzene rings is 4. The zero-order valence-corrected chi connectivity index (χ0v) is 46.4. The van der Waals surface area contributed by atoms with E-state index >= 15 is 0 Å².